The lowest BCUT2D eigenvalue weighted by molar-refractivity contribution is -0.116. The van der Waals surface area contributed by atoms with Crippen molar-refractivity contribution in [1.82, 2.24) is 10.3 Å². The summed E-state index contributed by atoms with van der Waals surface area (Å²) in [6.45, 7) is 3.36. The first kappa shape index (κ1) is 12.4. The Morgan fingerprint density at radius 1 is 1.62 bits per heavy atom. The Hall–Kier alpha value is -1.69. The topological polar surface area (TPSA) is 76.1 Å². The molecule has 0 bridgehead atoms. The smallest absolute Gasteiger partial charge is 0.243 e. The van der Waals surface area contributed by atoms with Crippen LogP contribution in [0.15, 0.2) is 35.9 Å². The Balaban J connectivity index is 2.97. The highest BCUT2D eigenvalue weighted by Crippen LogP contribution is 2.12. The van der Waals surface area contributed by atoms with Crippen LogP contribution >= 0.6 is 0 Å². The molecule has 0 aliphatic rings. The molecule has 0 saturated heterocycles. The number of nitrogens with zero attached hydrogens (tertiary/aromatic N) is 1. The standard InChI is InChI=1S/C10H12N2O3S/c1-3-10(13)12-7-8-9(16(2,14)15)5-4-6-11-8/h3-6H,1,7H2,2H3,(H,12,13). The summed E-state index contributed by atoms with van der Waals surface area (Å²) in [4.78, 5) is 15.0. The van der Waals surface area contributed by atoms with Gasteiger partial charge in [0, 0.05) is 12.5 Å². The van der Waals surface area contributed by atoms with Gasteiger partial charge in [0.1, 0.15) is 0 Å². The third kappa shape index (κ3) is 3.16. The van der Waals surface area contributed by atoms with Crippen molar-refractivity contribution >= 4 is 15.7 Å². The molecule has 0 aromatic carbocycles. The van der Waals surface area contributed by atoms with Crippen LogP contribution in [0.4, 0.5) is 0 Å². The van der Waals surface area contributed by atoms with Crippen molar-refractivity contribution in [3.63, 3.8) is 0 Å². The monoisotopic (exact) mass is 240 g/mol. The summed E-state index contributed by atoms with van der Waals surface area (Å²) in [7, 11) is -3.33. The highest BCUT2D eigenvalue weighted by atomic mass is 32.2. The molecular formula is C10H12N2O3S. The lowest BCUT2D eigenvalue weighted by Crippen LogP contribution is -2.22. The van der Waals surface area contributed by atoms with Crippen molar-refractivity contribution in [2.24, 2.45) is 0 Å². The van der Waals surface area contributed by atoms with Gasteiger partial charge < -0.3 is 5.32 Å². The van der Waals surface area contributed by atoms with Crippen molar-refractivity contribution in [1.29, 1.82) is 0 Å². The molecule has 0 spiro atoms. The van der Waals surface area contributed by atoms with E-state index in [-0.39, 0.29) is 17.3 Å². The van der Waals surface area contributed by atoms with Gasteiger partial charge in [0.15, 0.2) is 9.84 Å². The van der Waals surface area contributed by atoms with Gasteiger partial charge in [-0.2, -0.15) is 0 Å². The molecule has 5 nitrogen and oxygen atoms in total. The molecule has 1 N–H and O–H groups in total. The number of sulfone groups is 1. The number of carbonyl (C=O) groups excluding carboxylic acids is 1. The van der Waals surface area contributed by atoms with Crippen LogP contribution in [0.5, 0.6) is 0 Å². The predicted molar refractivity (Wildman–Crippen MR) is 59.4 cm³/mol. The van der Waals surface area contributed by atoms with Gasteiger partial charge in [0.25, 0.3) is 0 Å². The summed E-state index contributed by atoms with van der Waals surface area (Å²) in [5.74, 6) is -0.370. The van der Waals surface area contributed by atoms with Crippen molar-refractivity contribution in [2.45, 2.75) is 11.4 Å². The summed E-state index contributed by atoms with van der Waals surface area (Å²) in [5.41, 5.74) is 0.320. The van der Waals surface area contributed by atoms with E-state index in [1.54, 1.807) is 0 Å². The van der Waals surface area contributed by atoms with Gasteiger partial charge in [-0.3, -0.25) is 9.78 Å². The first-order valence-electron chi connectivity index (χ1n) is 4.49. The van der Waals surface area contributed by atoms with E-state index in [0.29, 0.717) is 5.69 Å². The van der Waals surface area contributed by atoms with Crippen LogP contribution in [0.25, 0.3) is 0 Å². The first-order chi connectivity index (χ1) is 7.45. The number of nitrogens with one attached hydrogen (secondary N) is 1. The van der Waals surface area contributed by atoms with Crippen LogP contribution in [0.3, 0.4) is 0 Å². The fourth-order valence-corrected chi connectivity index (χ4v) is 2.02. The number of amides is 1. The molecule has 1 heterocycles. The van der Waals surface area contributed by atoms with E-state index in [1.807, 2.05) is 0 Å². The third-order valence-corrected chi connectivity index (χ3v) is 3.03. The van der Waals surface area contributed by atoms with Gasteiger partial charge in [-0.05, 0) is 18.2 Å². The summed E-state index contributed by atoms with van der Waals surface area (Å²) in [6.07, 6.45) is 3.69. The van der Waals surface area contributed by atoms with E-state index in [1.165, 1.54) is 18.3 Å². The first-order valence-corrected chi connectivity index (χ1v) is 6.38. The van der Waals surface area contributed by atoms with E-state index in [2.05, 4.69) is 16.9 Å². The number of aromatic nitrogens is 1. The highest BCUT2D eigenvalue weighted by molar-refractivity contribution is 7.90. The molecule has 0 saturated carbocycles. The maximum Gasteiger partial charge on any atom is 0.243 e. The van der Waals surface area contributed by atoms with Gasteiger partial charge in [-0.25, -0.2) is 8.42 Å². The van der Waals surface area contributed by atoms with E-state index < -0.39 is 9.84 Å². The van der Waals surface area contributed by atoms with Gasteiger partial charge in [-0.1, -0.05) is 6.58 Å². The minimum absolute atomic E-state index is 0.0636. The van der Waals surface area contributed by atoms with Crippen LogP contribution in [0.2, 0.25) is 0 Å². The second-order valence-corrected chi connectivity index (χ2v) is 5.13. The van der Waals surface area contributed by atoms with E-state index in [9.17, 15) is 13.2 Å². The molecule has 0 atom stereocenters. The maximum absolute atomic E-state index is 11.4. The fraction of sp³-hybridized carbons (Fsp3) is 0.200. The van der Waals surface area contributed by atoms with Gasteiger partial charge >= 0.3 is 0 Å². The zero-order valence-corrected chi connectivity index (χ0v) is 9.62. The minimum atomic E-state index is -3.33. The number of rotatable bonds is 4. The molecule has 16 heavy (non-hydrogen) atoms. The third-order valence-electron chi connectivity index (χ3n) is 1.86. The van der Waals surface area contributed by atoms with E-state index in [4.69, 9.17) is 0 Å². The maximum atomic E-state index is 11.4. The second kappa shape index (κ2) is 4.89. The van der Waals surface area contributed by atoms with Crippen molar-refractivity contribution in [2.75, 3.05) is 6.26 Å². The Morgan fingerprint density at radius 3 is 2.88 bits per heavy atom. The molecule has 86 valence electrons. The number of carbonyl (C=O) groups is 1. The van der Waals surface area contributed by atoms with Crippen molar-refractivity contribution < 1.29 is 13.2 Å². The highest BCUT2D eigenvalue weighted by Gasteiger charge is 2.13. The molecule has 0 unspecified atom stereocenters. The molecule has 0 aliphatic heterocycles. The number of hydrogen-bond donors (Lipinski definition) is 1. The van der Waals surface area contributed by atoms with Crippen molar-refractivity contribution in [3.05, 3.63) is 36.7 Å². The normalized spacial score (nSPS) is 10.8. The molecule has 0 radical (unpaired) electrons. The fourth-order valence-electron chi connectivity index (χ4n) is 1.14. The quantitative estimate of drug-likeness (QED) is 0.767. The summed E-state index contributed by atoms with van der Waals surface area (Å²) >= 11 is 0. The summed E-state index contributed by atoms with van der Waals surface area (Å²) < 4.78 is 22.8. The summed E-state index contributed by atoms with van der Waals surface area (Å²) in [6, 6.07) is 2.99. The minimum Gasteiger partial charge on any atom is -0.347 e. The predicted octanol–water partition coefficient (Wildman–Crippen LogP) is 0.287. The number of pyridine rings is 1. The van der Waals surface area contributed by atoms with E-state index >= 15 is 0 Å². The average molecular weight is 240 g/mol. The molecule has 1 aromatic rings. The van der Waals surface area contributed by atoms with Gasteiger partial charge in [-0.15, -0.1) is 0 Å². The molecule has 1 aromatic heterocycles. The largest absolute Gasteiger partial charge is 0.347 e. The average Bonchev–Trinajstić information content (AvgIpc) is 2.25. The molecule has 6 heteroatoms. The zero-order chi connectivity index (χ0) is 12.2. The Bertz CT molecular complexity index is 509. The van der Waals surface area contributed by atoms with Crippen LogP contribution in [-0.2, 0) is 21.2 Å². The molecule has 1 amide bonds. The SMILES string of the molecule is C=CC(=O)NCc1ncccc1S(C)(=O)=O. The van der Waals surface area contributed by atoms with Crippen LogP contribution in [0, 0.1) is 0 Å². The zero-order valence-electron chi connectivity index (χ0n) is 8.80. The summed E-state index contributed by atoms with van der Waals surface area (Å²) in [5, 5.41) is 2.48. The van der Waals surface area contributed by atoms with E-state index in [0.717, 1.165) is 12.3 Å². The van der Waals surface area contributed by atoms with Crippen LogP contribution in [-0.4, -0.2) is 25.6 Å². The Morgan fingerprint density at radius 2 is 2.31 bits per heavy atom. The molecule has 0 fully saturated rings. The molecular weight excluding hydrogens is 228 g/mol. The number of hydrogen-bond acceptors (Lipinski definition) is 4. The Labute approximate surface area is 94.1 Å². The molecule has 0 aliphatic carbocycles. The van der Waals surface area contributed by atoms with Crippen molar-refractivity contribution in [3.8, 4) is 0 Å². The lowest BCUT2D eigenvalue weighted by Gasteiger charge is -2.06. The second-order valence-electron chi connectivity index (χ2n) is 3.14. The Kier molecular flexibility index (Phi) is 3.78. The van der Waals surface area contributed by atoms with Crippen LogP contribution < -0.4 is 5.32 Å². The molecule has 1 rings (SSSR count). The van der Waals surface area contributed by atoms with Gasteiger partial charge in [0.05, 0.1) is 17.1 Å². The lowest BCUT2D eigenvalue weighted by atomic mass is 10.3. The van der Waals surface area contributed by atoms with Crippen LogP contribution in [0.1, 0.15) is 5.69 Å². The van der Waals surface area contributed by atoms with Gasteiger partial charge in [0.2, 0.25) is 5.91 Å².